The molecule has 1 aliphatic rings. The second-order valence-corrected chi connectivity index (χ2v) is 7.51. The van der Waals surface area contributed by atoms with Crippen LogP contribution in [0.15, 0.2) is 35.6 Å². The number of pyridine rings is 2. The molecule has 0 fully saturated rings. The summed E-state index contributed by atoms with van der Waals surface area (Å²) in [6.07, 6.45) is 1.55. The third kappa shape index (κ3) is 4.47. The Labute approximate surface area is 179 Å². The number of carbonyl (C=O) groups is 2. The van der Waals surface area contributed by atoms with E-state index in [1.54, 1.807) is 36.2 Å². The third-order valence-corrected chi connectivity index (χ3v) is 5.00. The summed E-state index contributed by atoms with van der Waals surface area (Å²) in [5.74, 6) is 11.1. The standard InChI is InChI=1S/C20H26N8O3/c1-11(2)27-9-13-8-23-16(7-14(13)20(27)31)19(30)25-17-6-4-5-15(24-17)18(26-21)28(22)12(3)10-29/h4-8,11-12,29H,9-10,21-22H2,1-3H3,(H,24,25,30)/b26-18-. The first-order valence-electron chi connectivity index (χ1n) is 9.78. The van der Waals surface area contributed by atoms with E-state index in [0.717, 1.165) is 5.56 Å². The number of nitrogens with zero attached hydrogens (tertiary/aromatic N) is 5. The molecule has 0 saturated heterocycles. The lowest BCUT2D eigenvalue weighted by Gasteiger charge is -2.25. The van der Waals surface area contributed by atoms with Crippen molar-refractivity contribution in [1.82, 2.24) is 19.9 Å². The highest BCUT2D eigenvalue weighted by molar-refractivity contribution is 6.06. The van der Waals surface area contributed by atoms with E-state index in [1.807, 2.05) is 13.8 Å². The average Bonchev–Trinajstić information content (AvgIpc) is 3.10. The third-order valence-electron chi connectivity index (χ3n) is 5.00. The number of aromatic nitrogens is 2. The van der Waals surface area contributed by atoms with Gasteiger partial charge in [-0.2, -0.15) is 5.10 Å². The molecule has 2 aromatic heterocycles. The first-order valence-corrected chi connectivity index (χ1v) is 9.78. The average molecular weight is 426 g/mol. The van der Waals surface area contributed by atoms with Gasteiger partial charge in [0.2, 0.25) is 0 Å². The molecular formula is C20H26N8O3. The highest BCUT2D eigenvalue weighted by Gasteiger charge is 2.30. The molecule has 0 saturated carbocycles. The number of hydrogen-bond donors (Lipinski definition) is 4. The summed E-state index contributed by atoms with van der Waals surface area (Å²) in [6, 6.07) is 5.97. The largest absolute Gasteiger partial charge is 0.394 e. The lowest BCUT2D eigenvalue weighted by atomic mass is 10.1. The number of hydrazine groups is 1. The fraction of sp³-hybridized carbons (Fsp3) is 0.350. The van der Waals surface area contributed by atoms with E-state index in [4.69, 9.17) is 11.7 Å². The van der Waals surface area contributed by atoms with Gasteiger partial charge in [-0.15, -0.1) is 0 Å². The molecule has 1 aliphatic heterocycles. The van der Waals surface area contributed by atoms with Crippen molar-refractivity contribution >= 4 is 23.5 Å². The van der Waals surface area contributed by atoms with E-state index in [9.17, 15) is 14.7 Å². The van der Waals surface area contributed by atoms with E-state index in [-0.39, 0.29) is 35.9 Å². The van der Waals surface area contributed by atoms with Gasteiger partial charge in [0, 0.05) is 29.9 Å². The smallest absolute Gasteiger partial charge is 0.275 e. The van der Waals surface area contributed by atoms with Gasteiger partial charge < -0.3 is 21.2 Å². The van der Waals surface area contributed by atoms with Crippen molar-refractivity contribution in [2.24, 2.45) is 16.8 Å². The molecule has 0 aliphatic carbocycles. The molecule has 1 unspecified atom stereocenters. The monoisotopic (exact) mass is 426 g/mol. The summed E-state index contributed by atoms with van der Waals surface area (Å²) in [5.41, 5.74) is 1.69. The van der Waals surface area contributed by atoms with Crippen LogP contribution < -0.4 is 17.0 Å². The van der Waals surface area contributed by atoms with Crippen LogP contribution >= 0.6 is 0 Å². The van der Waals surface area contributed by atoms with Crippen LogP contribution in [0.1, 0.15) is 52.9 Å². The molecule has 2 amide bonds. The van der Waals surface area contributed by atoms with Gasteiger partial charge in [-0.3, -0.25) is 19.6 Å². The Morgan fingerprint density at radius 2 is 2.10 bits per heavy atom. The number of amides is 2. The van der Waals surface area contributed by atoms with Gasteiger partial charge in [-0.1, -0.05) is 6.07 Å². The van der Waals surface area contributed by atoms with Crippen molar-refractivity contribution in [2.45, 2.75) is 39.4 Å². The van der Waals surface area contributed by atoms with Gasteiger partial charge in [-0.05, 0) is 39.0 Å². The zero-order chi connectivity index (χ0) is 22.7. The molecule has 31 heavy (non-hydrogen) atoms. The molecule has 0 radical (unpaired) electrons. The number of hydrogen-bond acceptors (Lipinski definition) is 8. The fourth-order valence-corrected chi connectivity index (χ4v) is 3.13. The molecule has 3 heterocycles. The van der Waals surface area contributed by atoms with Crippen LogP contribution in [0, 0.1) is 0 Å². The van der Waals surface area contributed by atoms with Gasteiger partial charge in [0.05, 0.1) is 12.6 Å². The minimum absolute atomic E-state index is 0.0539. The number of rotatable bonds is 6. The van der Waals surface area contributed by atoms with Crippen molar-refractivity contribution in [3.63, 3.8) is 0 Å². The SMILES string of the molecule is CC(C)N1Cc2cnc(C(=O)Nc3cccc(/C(=N/N)N(N)C(C)CO)n3)cc2C1=O. The van der Waals surface area contributed by atoms with Crippen molar-refractivity contribution in [3.8, 4) is 0 Å². The van der Waals surface area contributed by atoms with Crippen LogP contribution in [0.4, 0.5) is 5.82 Å². The molecule has 11 nitrogen and oxygen atoms in total. The Morgan fingerprint density at radius 3 is 2.74 bits per heavy atom. The maximum absolute atomic E-state index is 12.7. The Kier molecular flexibility index (Phi) is 6.47. The van der Waals surface area contributed by atoms with Crippen LogP contribution in [0.25, 0.3) is 0 Å². The number of fused-ring (bicyclic) bond motifs is 1. The zero-order valence-corrected chi connectivity index (χ0v) is 17.6. The number of carbonyl (C=O) groups excluding carboxylic acids is 2. The molecule has 2 aromatic rings. The Balaban J connectivity index is 1.80. The molecular weight excluding hydrogens is 400 g/mol. The maximum atomic E-state index is 12.7. The molecule has 6 N–H and O–H groups in total. The van der Waals surface area contributed by atoms with Gasteiger partial charge >= 0.3 is 0 Å². The number of aliphatic hydroxyl groups excluding tert-OH is 1. The number of hydrazone groups is 1. The summed E-state index contributed by atoms with van der Waals surface area (Å²) in [5, 5.41) is 16.8. The highest BCUT2D eigenvalue weighted by atomic mass is 16.3. The fourth-order valence-electron chi connectivity index (χ4n) is 3.13. The lowest BCUT2D eigenvalue weighted by Crippen LogP contribution is -2.47. The molecule has 0 bridgehead atoms. The Bertz CT molecular complexity index is 1020. The summed E-state index contributed by atoms with van der Waals surface area (Å²) in [7, 11) is 0. The Hall–Kier alpha value is -3.57. The molecule has 1 atom stereocenters. The quantitative estimate of drug-likeness (QED) is 0.221. The number of nitrogens with one attached hydrogen (secondary N) is 1. The predicted molar refractivity (Wildman–Crippen MR) is 115 cm³/mol. The second-order valence-electron chi connectivity index (χ2n) is 7.51. The first-order chi connectivity index (χ1) is 14.8. The van der Waals surface area contributed by atoms with E-state index in [2.05, 4.69) is 20.4 Å². The highest BCUT2D eigenvalue weighted by Crippen LogP contribution is 2.24. The first kappa shape index (κ1) is 22.1. The van der Waals surface area contributed by atoms with E-state index >= 15 is 0 Å². The van der Waals surface area contributed by atoms with Crippen molar-refractivity contribution in [1.29, 1.82) is 0 Å². The van der Waals surface area contributed by atoms with Crippen molar-refractivity contribution in [3.05, 3.63) is 53.0 Å². The van der Waals surface area contributed by atoms with Crippen molar-refractivity contribution < 1.29 is 14.7 Å². The van der Waals surface area contributed by atoms with E-state index < -0.39 is 11.9 Å². The van der Waals surface area contributed by atoms with Crippen LogP contribution in [-0.2, 0) is 6.54 Å². The summed E-state index contributed by atoms with van der Waals surface area (Å²) >= 11 is 0. The summed E-state index contributed by atoms with van der Waals surface area (Å²) < 4.78 is 0. The van der Waals surface area contributed by atoms with Gasteiger partial charge in [0.25, 0.3) is 11.8 Å². The topological polar surface area (TPSA) is 163 Å². The molecule has 164 valence electrons. The number of aliphatic hydroxyl groups is 1. The van der Waals surface area contributed by atoms with E-state index in [0.29, 0.717) is 17.8 Å². The van der Waals surface area contributed by atoms with Crippen LogP contribution in [0.3, 0.4) is 0 Å². The molecule has 11 heteroatoms. The molecule has 0 aromatic carbocycles. The summed E-state index contributed by atoms with van der Waals surface area (Å²) in [6.45, 7) is 5.84. The van der Waals surface area contributed by atoms with Crippen molar-refractivity contribution in [2.75, 3.05) is 11.9 Å². The second kappa shape index (κ2) is 9.06. The lowest BCUT2D eigenvalue weighted by molar-refractivity contribution is 0.0730. The summed E-state index contributed by atoms with van der Waals surface area (Å²) in [4.78, 5) is 35.5. The van der Waals surface area contributed by atoms with Crippen LogP contribution in [0.5, 0.6) is 0 Å². The molecule has 0 spiro atoms. The van der Waals surface area contributed by atoms with Gasteiger partial charge in [-0.25, -0.2) is 10.8 Å². The minimum Gasteiger partial charge on any atom is -0.394 e. The number of amidine groups is 1. The van der Waals surface area contributed by atoms with Gasteiger partial charge in [0.15, 0.2) is 5.84 Å². The maximum Gasteiger partial charge on any atom is 0.275 e. The normalized spacial score (nSPS) is 14.6. The van der Waals surface area contributed by atoms with Crippen LogP contribution in [0.2, 0.25) is 0 Å². The zero-order valence-electron chi connectivity index (χ0n) is 17.6. The number of nitrogens with two attached hydrogens (primary N) is 2. The number of anilines is 1. The predicted octanol–water partition coefficient (Wildman–Crippen LogP) is 0.270. The molecule has 3 rings (SSSR count). The van der Waals surface area contributed by atoms with Gasteiger partial charge in [0.1, 0.15) is 17.2 Å². The minimum atomic E-state index is -0.511. The van der Waals surface area contributed by atoms with Crippen LogP contribution in [-0.4, -0.2) is 61.3 Å². The Morgan fingerprint density at radius 1 is 1.35 bits per heavy atom. The van der Waals surface area contributed by atoms with E-state index in [1.165, 1.54) is 11.1 Å².